The smallest absolute Gasteiger partial charge is 0.324 e. The van der Waals surface area contributed by atoms with Gasteiger partial charge in [-0.1, -0.05) is 60.7 Å². The minimum atomic E-state index is -4.14. The van der Waals surface area contributed by atoms with Crippen molar-refractivity contribution in [1.29, 1.82) is 0 Å². The van der Waals surface area contributed by atoms with Crippen molar-refractivity contribution in [1.82, 2.24) is 4.72 Å². The van der Waals surface area contributed by atoms with Crippen molar-refractivity contribution < 1.29 is 23.4 Å². The Kier molecular flexibility index (Phi) is 5.03. The van der Waals surface area contributed by atoms with Crippen LogP contribution in [0, 0.1) is 0 Å². The van der Waals surface area contributed by atoms with Crippen LogP contribution in [0.15, 0.2) is 77.7 Å². The Balaban J connectivity index is 1.93. The Morgan fingerprint density at radius 2 is 1.50 bits per heavy atom. The molecule has 134 valence electrons. The van der Waals surface area contributed by atoms with Crippen molar-refractivity contribution in [3.63, 3.8) is 0 Å². The molecule has 3 N–H and O–H groups in total. The summed E-state index contributed by atoms with van der Waals surface area (Å²) in [7, 11) is -4.14. The maximum Gasteiger partial charge on any atom is 0.324 e. The normalized spacial score (nSPS) is 14.0. The van der Waals surface area contributed by atoms with Crippen molar-refractivity contribution in [2.24, 2.45) is 0 Å². The quantitative estimate of drug-likeness (QED) is 0.617. The summed E-state index contributed by atoms with van der Waals surface area (Å²) in [4.78, 5) is 11.5. The molecule has 0 amide bonds. The van der Waals surface area contributed by atoms with Gasteiger partial charge >= 0.3 is 5.97 Å². The molecule has 0 aromatic heterocycles. The number of fused-ring (bicyclic) bond motifs is 1. The van der Waals surface area contributed by atoms with E-state index in [9.17, 15) is 23.4 Å². The number of nitrogens with one attached hydrogen (secondary N) is 1. The first kappa shape index (κ1) is 18.1. The largest absolute Gasteiger partial charge is 0.480 e. The molecule has 0 spiro atoms. The molecule has 0 saturated heterocycles. The number of hydrogen-bond donors (Lipinski definition) is 3. The second kappa shape index (κ2) is 7.25. The molecule has 3 rings (SSSR count). The summed E-state index contributed by atoms with van der Waals surface area (Å²) in [6.07, 6.45) is -1.52. The first-order valence-corrected chi connectivity index (χ1v) is 9.34. The second-order valence-corrected chi connectivity index (χ2v) is 7.52. The van der Waals surface area contributed by atoms with Gasteiger partial charge in [0.05, 0.1) is 4.90 Å². The van der Waals surface area contributed by atoms with Crippen molar-refractivity contribution >= 4 is 26.8 Å². The van der Waals surface area contributed by atoms with E-state index in [1.807, 2.05) is 12.1 Å². The van der Waals surface area contributed by atoms with E-state index in [0.29, 0.717) is 10.9 Å². The van der Waals surface area contributed by atoms with Gasteiger partial charge in [-0.05, 0) is 28.5 Å². The molecule has 0 unspecified atom stereocenters. The molecule has 0 heterocycles. The molecule has 0 fully saturated rings. The lowest BCUT2D eigenvalue weighted by Crippen LogP contribution is -2.44. The number of sulfonamides is 1. The van der Waals surface area contributed by atoms with E-state index in [2.05, 4.69) is 4.72 Å². The first-order valence-electron chi connectivity index (χ1n) is 7.85. The van der Waals surface area contributed by atoms with Crippen LogP contribution in [0.25, 0.3) is 10.8 Å². The number of carboxylic acid groups (broad SMARTS) is 1. The first-order chi connectivity index (χ1) is 12.4. The second-order valence-electron chi connectivity index (χ2n) is 5.80. The summed E-state index contributed by atoms with van der Waals surface area (Å²) in [5.41, 5.74) is 0.307. The number of hydrogen-bond acceptors (Lipinski definition) is 4. The maximum absolute atomic E-state index is 12.6. The van der Waals surface area contributed by atoms with Gasteiger partial charge in [-0.3, -0.25) is 4.79 Å². The molecule has 6 nitrogen and oxygen atoms in total. The molecule has 3 aromatic carbocycles. The topological polar surface area (TPSA) is 104 Å². The summed E-state index contributed by atoms with van der Waals surface area (Å²) < 4.78 is 27.4. The van der Waals surface area contributed by atoms with Gasteiger partial charge < -0.3 is 10.2 Å². The van der Waals surface area contributed by atoms with E-state index in [-0.39, 0.29) is 4.90 Å². The van der Waals surface area contributed by atoms with Gasteiger partial charge in [0.15, 0.2) is 0 Å². The van der Waals surface area contributed by atoms with Crippen LogP contribution < -0.4 is 4.72 Å². The van der Waals surface area contributed by atoms with Gasteiger partial charge in [-0.2, -0.15) is 4.72 Å². The third-order valence-corrected chi connectivity index (χ3v) is 5.48. The number of aliphatic hydroxyl groups excluding tert-OH is 1. The Morgan fingerprint density at radius 1 is 0.885 bits per heavy atom. The Morgan fingerprint density at radius 3 is 2.15 bits per heavy atom. The minimum absolute atomic E-state index is 0.0669. The van der Waals surface area contributed by atoms with Crippen LogP contribution in [-0.2, 0) is 14.8 Å². The lowest BCUT2D eigenvalue weighted by atomic mass is 10.0. The predicted octanol–water partition coefficient (Wildman–Crippen LogP) is 2.30. The number of carboxylic acids is 1. The van der Waals surface area contributed by atoms with Crippen LogP contribution in [0.4, 0.5) is 0 Å². The van der Waals surface area contributed by atoms with Gasteiger partial charge in [-0.25, -0.2) is 8.42 Å². The number of benzene rings is 3. The van der Waals surface area contributed by atoms with Crippen molar-refractivity contribution in [2.75, 3.05) is 0 Å². The SMILES string of the molecule is O=C(O)[C@H](NS(=O)(=O)c1ccc2ccccc2c1)[C@@H](O)c1ccccc1. The predicted molar refractivity (Wildman–Crippen MR) is 97.1 cm³/mol. The standard InChI is InChI=1S/C19H17NO5S/c21-18(14-7-2-1-3-8-14)17(19(22)23)20-26(24,25)16-11-10-13-6-4-5-9-15(13)12-16/h1-12,17-18,20-21H,(H,22,23)/t17-,18+/m1/s1. The lowest BCUT2D eigenvalue weighted by molar-refractivity contribution is -0.141. The molecule has 0 bridgehead atoms. The van der Waals surface area contributed by atoms with Gasteiger partial charge in [0.25, 0.3) is 0 Å². The molecule has 3 aromatic rings. The van der Waals surface area contributed by atoms with Gasteiger partial charge in [0.2, 0.25) is 10.0 Å². The molecule has 26 heavy (non-hydrogen) atoms. The zero-order valence-electron chi connectivity index (χ0n) is 13.6. The summed E-state index contributed by atoms with van der Waals surface area (Å²) in [6.45, 7) is 0. The van der Waals surface area contributed by atoms with Crippen LogP contribution in [-0.4, -0.2) is 30.6 Å². The number of aliphatic carboxylic acids is 1. The Hall–Kier alpha value is -2.74. The zero-order chi connectivity index (χ0) is 18.7. The summed E-state index contributed by atoms with van der Waals surface area (Å²) in [5, 5.41) is 21.3. The van der Waals surface area contributed by atoms with E-state index >= 15 is 0 Å². The molecular formula is C19H17NO5S. The third kappa shape index (κ3) is 3.75. The summed E-state index contributed by atoms with van der Waals surface area (Å²) in [5.74, 6) is -1.47. The monoisotopic (exact) mass is 371 g/mol. The van der Waals surface area contributed by atoms with Crippen LogP contribution in [0.3, 0.4) is 0 Å². The highest BCUT2D eigenvalue weighted by Crippen LogP contribution is 2.22. The average Bonchev–Trinajstić information content (AvgIpc) is 2.65. The van der Waals surface area contributed by atoms with Gasteiger partial charge in [-0.15, -0.1) is 0 Å². The fraction of sp³-hybridized carbons (Fsp3) is 0.105. The van der Waals surface area contributed by atoms with Crippen LogP contribution in [0.5, 0.6) is 0 Å². The molecule has 7 heteroatoms. The van der Waals surface area contributed by atoms with Gasteiger partial charge in [0, 0.05) is 0 Å². The molecule has 0 aliphatic heterocycles. The van der Waals surface area contributed by atoms with E-state index in [0.717, 1.165) is 5.39 Å². The number of rotatable bonds is 6. The van der Waals surface area contributed by atoms with E-state index in [1.54, 1.807) is 36.4 Å². The third-order valence-electron chi connectivity index (χ3n) is 4.04. The van der Waals surface area contributed by atoms with Crippen molar-refractivity contribution in [2.45, 2.75) is 17.0 Å². The average molecular weight is 371 g/mol. The van der Waals surface area contributed by atoms with Gasteiger partial charge in [0.1, 0.15) is 12.1 Å². The maximum atomic E-state index is 12.6. The molecule has 0 saturated carbocycles. The van der Waals surface area contributed by atoms with E-state index < -0.39 is 28.1 Å². The summed E-state index contributed by atoms with van der Waals surface area (Å²) in [6, 6.07) is 18.1. The molecular weight excluding hydrogens is 354 g/mol. The highest BCUT2D eigenvalue weighted by Gasteiger charge is 2.32. The Labute approximate surface area is 150 Å². The number of carbonyl (C=O) groups is 1. The van der Waals surface area contributed by atoms with Crippen LogP contribution in [0.2, 0.25) is 0 Å². The Bertz CT molecular complexity index is 1030. The molecule has 0 radical (unpaired) electrons. The van der Waals surface area contributed by atoms with Crippen LogP contribution >= 0.6 is 0 Å². The highest BCUT2D eigenvalue weighted by atomic mass is 32.2. The van der Waals surface area contributed by atoms with Crippen molar-refractivity contribution in [3.8, 4) is 0 Å². The molecule has 2 atom stereocenters. The number of aliphatic hydroxyl groups is 1. The highest BCUT2D eigenvalue weighted by molar-refractivity contribution is 7.89. The molecule has 0 aliphatic carbocycles. The lowest BCUT2D eigenvalue weighted by Gasteiger charge is -2.21. The fourth-order valence-corrected chi connectivity index (χ4v) is 3.89. The van der Waals surface area contributed by atoms with E-state index in [4.69, 9.17) is 0 Å². The fourth-order valence-electron chi connectivity index (χ4n) is 2.66. The summed E-state index contributed by atoms with van der Waals surface area (Å²) >= 11 is 0. The van der Waals surface area contributed by atoms with Crippen molar-refractivity contribution in [3.05, 3.63) is 78.4 Å². The van der Waals surface area contributed by atoms with E-state index in [1.165, 1.54) is 24.3 Å². The molecule has 0 aliphatic rings. The zero-order valence-corrected chi connectivity index (χ0v) is 14.4. The minimum Gasteiger partial charge on any atom is -0.480 e. The van der Waals surface area contributed by atoms with Crippen LogP contribution in [0.1, 0.15) is 11.7 Å².